The minimum Gasteiger partial charge on any atom is -0.467 e. The minimum atomic E-state index is -1.36. The number of hydrogen-bond acceptors (Lipinski definition) is 11. The summed E-state index contributed by atoms with van der Waals surface area (Å²) in [4.78, 5) is 89.9. The van der Waals surface area contributed by atoms with Gasteiger partial charge in [0.25, 0.3) is 5.91 Å². The molecular formula is C36H47N9O9. The summed E-state index contributed by atoms with van der Waals surface area (Å²) in [6, 6.07) is 3.23. The molecule has 2 aromatic heterocycles. The maximum absolute atomic E-state index is 14.2. The number of ether oxygens (including phenoxy) is 3. The van der Waals surface area contributed by atoms with E-state index in [0.29, 0.717) is 42.3 Å². The van der Waals surface area contributed by atoms with Crippen LogP contribution in [0.2, 0.25) is 0 Å². The van der Waals surface area contributed by atoms with Crippen molar-refractivity contribution in [2.45, 2.75) is 96.9 Å². The molecule has 1 saturated heterocycles. The number of imidazole rings is 1. The van der Waals surface area contributed by atoms with Crippen molar-refractivity contribution in [1.82, 2.24) is 29.2 Å². The first-order valence-corrected chi connectivity index (χ1v) is 17.5. The Bertz CT molecular complexity index is 1930. The lowest BCUT2D eigenvalue weighted by Crippen LogP contribution is -2.65. The molecule has 290 valence electrons. The molecule has 54 heavy (non-hydrogen) atoms. The second kappa shape index (κ2) is 17.3. The molecule has 0 saturated carbocycles. The van der Waals surface area contributed by atoms with Gasteiger partial charge in [0.15, 0.2) is 0 Å². The molecule has 1 aliphatic heterocycles. The second-order valence-corrected chi connectivity index (χ2v) is 14.8. The molecule has 3 aromatic rings. The van der Waals surface area contributed by atoms with Gasteiger partial charge in [0.2, 0.25) is 5.91 Å². The average molecular weight is 750 g/mol. The van der Waals surface area contributed by atoms with Gasteiger partial charge >= 0.3 is 24.2 Å². The summed E-state index contributed by atoms with van der Waals surface area (Å²) in [5, 5.41) is 6.66. The zero-order chi connectivity index (χ0) is 39.8. The number of amides is 4. The normalized spacial score (nSPS) is 15.4. The molecule has 1 aromatic carbocycles. The van der Waals surface area contributed by atoms with Crippen LogP contribution in [0, 0.1) is 0 Å². The maximum atomic E-state index is 14.2. The van der Waals surface area contributed by atoms with Gasteiger partial charge in [0.1, 0.15) is 36.2 Å². The summed E-state index contributed by atoms with van der Waals surface area (Å²) in [6.07, 6.45) is 4.08. The van der Waals surface area contributed by atoms with Crippen molar-refractivity contribution in [2.24, 2.45) is 5.11 Å². The van der Waals surface area contributed by atoms with Crippen LogP contribution < -0.4 is 5.32 Å². The van der Waals surface area contributed by atoms with Crippen LogP contribution in [-0.2, 0) is 41.4 Å². The van der Waals surface area contributed by atoms with Gasteiger partial charge in [-0.3, -0.25) is 14.2 Å². The van der Waals surface area contributed by atoms with Crippen molar-refractivity contribution in [1.29, 1.82) is 0 Å². The molecule has 4 rings (SSSR count). The van der Waals surface area contributed by atoms with Gasteiger partial charge in [0, 0.05) is 48.6 Å². The van der Waals surface area contributed by atoms with Crippen molar-refractivity contribution in [2.75, 3.05) is 26.7 Å². The number of benzene rings is 1. The number of azide groups is 1. The largest absolute Gasteiger partial charge is 0.467 e. The third-order valence-electron chi connectivity index (χ3n) is 8.21. The highest BCUT2D eigenvalue weighted by Crippen LogP contribution is 2.27. The molecular weight excluding hydrogens is 702 g/mol. The van der Waals surface area contributed by atoms with Crippen molar-refractivity contribution < 1.29 is 43.0 Å². The number of carbonyl (C=O) groups is 6. The first-order chi connectivity index (χ1) is 25.4. The molecule has 0 unspecified atom stereocenters. The van der Waals surface area contributed by atoms with Crippen LogP contribution in [0.5, 0.6) is 0 Å². The van der Waals surface area contributed by atoms with Crippen molar-refractivity contribution in [3.05, 3.63) is 64.7 Å². The maximum Gasteiger partial charge on any atom is 0.419 e. The van der Waals surface area contributed by atoms with E-state index in [0.717, 1.165) is 16.6 Å². The summed E-state index contributed by atoms with van der Waals surface area (Å²) in [7, 11) is 1.13. The van der Waals surface area contributed by atoms with E-state index in [1.807, 2.05) is 0 Å². The van der Waals surface area contributed by atoms with Crippen LogP contribution >= 0.6 is 0 Å². The van der Waals surface area contributed by atoms with Gasteiger partial charge in [0.05, 0.1) is 18.3 Å². The number of nitrogens with one attached hydrogen (secondary N) is 1. The van der Waals surface area contributed by atoms with Crippen LogP contribution in [0.1, 0.15) is 72.1 Å². The molecule has 1 N–H and O–H groups in total. The van der Waals surface area contributed by atoms with Crippen LogP contribution in [0.25, 0.3) is 21.3 Å². The molecule has 0 spiro atoms. The number of aromatic nitrogens is 3. The van der Waals surface area contributed by atoms with Gasteiger partial charge in [-0.25, -0.2) is 33.6 Å². The van der Waals surface area contributed by atoms with E-state index >= 15 is 0 Å². The van der Waals surface area contributed by atoms with Crippen LogP contribution in [0.4, 0.5) is 14.4 Å². The summed E-state index contributed by atoms with van der Waals surface area (Å²) < 4.78 is 18.3. The lowest BCUT2D eigenvalue weighted by molar-refractivity contribution is -0.152. The quantitative estimate of drug-likeness (QED) is 0.0655. The number of methoxy groups -OCH3 is 1. The predicted molar refractivity (Wildman–Crippen MR) is 194 cm³/mol. The van der Waals surface area contributed by atoms with E-state index in [-0.39, 0.29) is 25.1 Å². The number of hydrogen-bond donors (Lipinski definition) is 1. The minimum absolute atomic E-state index is 0.162. The van der Waals surface area contributed by atoms with Crippen molar-refractivity contribution in [3.8, 4) is 0 Å². The van der Waals surface area contributed by atoms with E-state index < -0.39 is 65.8 Å². The molecule has 3 heterocycles. The Morgan fingerprint density at radius 3 is 2.35 bits per heavy atom. The Morgan fingerprint density at radius 1 is 1.00 bits per heavy atom. The van der Waals surface area contributed by atoms with E-state index in [1.165, 1.54) is 28.2 Å². The lowest BCUT2D eigenvalue weighted by atomic mass is 10.00. The molecule has 4 amide bonds. The number of nitrogens with zero attached hydrogens (tertiary/aromatic N) is 8. The van der Waals surface area contributed by atoms with Crippen LogP contribution in [-0.4, -0.2) is 110 Å². The van der Waals surface area contributed by atoms with E-state index in [4.69, 9.17) is 19.7 Å². The first kappa shape index (κ1) is 40.9. The highest BCUT2D eigenvalue weighted by atomic mass is 16.6. The molecule has 1 fully saturated rings. The fourth-order valence-corrected chi connectivity index (χ4v) is 5.87. The van der Waals surface area contributed by atoms with Gasteiger partial charge < -0.3 is 24.4 Å². The smallest absolute Gasteiger partial charge is 0.419 e. The Labute approximate surface area is 312 Å². The molecule has 18 nitrogen and oxygen atoms in total. The number of rotatable bonds is 12. The number of imide groups is 1. The Morgan fingerprint density at radius 2 is 1.69 bits per heavy atom. The first-order valence-electron chi connectivity index (χ1n) is 17.5. The van der Waals surface area contributed by atoms with E-state index in [9.17, 15) is 28.8 Å². The van der Waals surface area contributed by atoms with Crippen molar-refractivity contribution >= 4 is 46.9 Å². The molecule has 18 heteroatoms. The van der Waals surface area contributed by atoms with Gasteiger partial charge in [-0.05, 0) is 71.5 Å². The molecule has 0 bridgehead atoms. The second-order valence-electron chi connectivity index (χ2n) is 14.8. The molecule has 0 radical (unpaired) electrons. The standard InChI is InChI=1S/C36H47N9O9/c1-35(2,3)53-33(50)43-20-24(38-22-43)18-26(31(48)52-7)40-32(49)45-28(30(47)42(21-29(45)46)16-12-8-11-15-39-41-37)17-23-19-44(34(51)54-36(4,5)6)27-14-10-9-13-25(23)27/h9-10,13-14,19-20,22,26,28H,8,11-12,15-18,21H2,1-7H3,(H,40,49)/t26-,28-/m0/s1. The van der Waals surface area contributed by atoms with E-state index in [2.05, 4.69) is 20.3 Å². The van der Waals surface area contributed by atoms with Crippen LogP contribution in [0.15, 0.2) is 48.1 Å². The highest BCUT2D eigenvalue weighted by molar-refractivity contribution is 6.05. The molecule has 0 aliphatic carbocycles. The zero-order valence-corrected chi connectivity index (χ0v) is 31.6. The monoisotopic (exact) mass is 749 g/mol. The summed E-state index contributed by atoms with van der Waals surface area (Å²) >= 11 is 0. The Balaban J connectivity index is 1.64. The highest BCUT2D eigenvalue weighted by Gasteiger charge is 2.44. The number of esters is 1. The third kappa shape index (κ3) is 10.6. The van der Waals surface area contributed by atoms with E-state index in [1.54, 1.807) is 65.8 Å². The summed E-state index contributed by atoms with van der Waals surface area (Å²) in [5.74, 6) is -2.07. The summed E-state index contributed by atoms with van der Waals surface area (Å²) in [5.41, 5.74) is 8.20. The lowest BCUT2D eigenvalue weighted by Gasteiger charge is -2.39. The predicted octanol–water partition coefficient (Wildman–Crippen LogP) is 4.96. The van der Waals surface area contributed by atoms with Gasteiger partial charge in [-0.15, -0.1) is 0 Å². The van der Waals surface area contributed by atoms with Crippen LogP contribution in [0.3, 0.4) is 0 Å². The number of urea groups is 1. The zero-order valence-electron chi connectivity index (χ0n) is 31.6. The number of fused-ring (bicyclic) bond motifs is 1. The topological polar surface area (TPSA) is 220 Å². The number of carbonyl (C=O) groups excluding carboxylic acids is 6. The SMILES string of the molecule is COC(=O)[C@H](Cc1cn(C(=O)OC(C)(C)C)cn1)NC(=O)N1C(=O)CN(CCCCCN=[N+]=[N-])C(=O)[C@@H]1Cc1cn(C(=O)OC(C)(C)C)c2ccccc12. The number of unbranched alkanes of at least 4 members (excludes halogenated alkanes) is 2. The number of para-hydroxylation sites is 1. The summed E-state index contributed by atoms with van der Waals surface area (Å²) in [6.45, 7) is 10.4. The Hall–Kier alpha value is -5.90. The third-order valence-corrected chi connectivity index (χ3v) is 8.21. The van der Waals surface area contributed by atoms with Crippen molar-refractivity contribution in [3.63, 3.8) is 0 Å². The van der Waals surface area contributed by atoms with Gasteiger partial charge in [-0.2, -0.15) is 0 Å². The Kier molecular flexibility index (Phi) is 13.1. The van der Waals surface area contributed by atoms with Gasteiger partial charge in [-0.1, -0.05) is 29.7 Å². The fourth-order valence-electron chi connectivity index (χ4n) is 5.87. The molecule has 2 atom stereocenters. The average Bonchev–Trinajstić information content (AvgIpc) is 3.71. The molecule has 1 aliphatic rings. The fraction of sp³-hybridized carbons (Fsp3) is 0.528. The number of piperazine rings is 1.